The molecule has 0 bridgehead atoms. The molecular formula is C64H114O6. The van der Waals surface area contributed by atoms with Gasteiger partial charge in [0.25, 0.3) is 0 Å². The van der Waals surface area contributed by atoms with Gasteiger partial charge in [0.1, 0.15) is 13.2 Å². The Labute approximate surface area is 434 Å². The summed E-state index contributed by atoms with van der Waals surface area (Å²) < 4.78 is 16.9. The van der Waals surface area contributed by atoms with Crippen LogP contribution >= 0.6 is 0 Å². The molecule has 0 aliphatic heterocycles. The number of carbonyl (C=O) groups excluding carboxylic acids is 3. The van der Waals surface area contributed by atoms with Crippen LogP contribution in [-0.4, -0.2) is 37.2 Å². The minimum Gasteiger partial charge on any atom is -0.462 e. The third-order valence-electron chi connectivity index (χ3n) is 13.3. The summed E-state index contributed by atoms with van der Waals surface area (Å²) in [5.41, 5.74) is 0. The van der Waals surface area contributed by atoms with Crippen molar-refractivity contribution in [1.82, 2.24) is 0 Å². The number of rotatable bonds is 55. The molecule has 6 nitrogen and oxygen atoms in total. The maximum atomic E-state index is 12.9. The average molecular weight is 980 g/mol. The highest BCUT2D eigenvalue weighted by atomic mass is 16.6. The topological polar surface area (TPSA) is 78.9 Å². The van der Waals surface area contributed by atoms with Crippen molar-refractivity contribution in [3.8, 4) is 0 Å². The van der Waals surface area contributed by atoms with Crippen molar-refractivity contribution in [3.05, 3.63) is 60.8 Å². The van der Waals surface area contributed by atoms with Gasteiger partial charge < -0.3 is 14.2 Å². The van der Waals surface area contributed by atoms with Crippen LogP contribution in [0.2, 0.25) is 0 Å². The molecule has 0 heterocycles. The molecule has 6 heteroatoms. The van der Waals surface area contributed by atoms with E-state index < -0.39 is 6.10 Å². The number of hydrogen-bond donors (Lipinski definition) is 0. The van der Waals surface area contributed by atoms with E-state index in [1.165, 1.54) is 167 Å². The highest BCUT2D eigenvalue weighted by Crippen LogP contribution is 2.15. The van der Waals surface area contributed by atoms with E-state index in [1.807, 2.05) is 0 Å². The van der Waals surface area contributed by atoms with E-state index in [2.05, 4.69) is 81.5 Å². The van der Waals surface area contributed by atoms with Gasteiger partial charge in [0.05, 0.1) is 0 Å². The van der Waals surface area contributed by atoms with Crippen LogP contribution in [-0.2, 0) is 28.6 Å². The number of ether oxygens (including phenoxy) is 3. The molecule has 1 unspecified atom stereocenters. The summed E-state index contributed by atoms with van der Waals surface area (Å²) in [6.45, 7) is 6.63. The lowest BCUT2D eigenvalue weighted by molar-refractivity contribution is -0.167. The summed E-state index contributed by atoms with van der Waals surface area (Å²) in [4.78, 5) is 38.2. The molecule has 0 saturated heterocycles. The van der Waals surface area contributed by atoms with E-state index in [4.69, 9.17) is 14.2 Å². The molecule has 0 spiro atoms. The van der Waals surface area contributed by atoms with Crippen LogP contribution < -0.4 is 0 Å². The summed E-state index contributed by atoms with van der Waals surface area (Å²) in [5.74, 6) is -0.914. The molecule has 0 rings (SSSR count). The van der Waals surface area contributed by atoms with Gasteiger partial charge >= 0.3 is 17.9 Å². The van der Waals surface area contributed by atoms with Crippen LogP contribution in [0, 0.1) is 0 Å². The fraction of sp³-hybridized carbons (Fsp3) is 0.797. The van der Waals surface area contributed by atoms with Crippen molar-refractivity contribution >= 4 is 17.9 Å². The fourth-order valence-corrected chi connectivity index (χ4v) is 8.66. The molecule has 0 aromatic rings. The zero-order chi connectivity index (χ0) is 50.7. The van der Waals surface area contributed by atoms with Gasteiger partial charge in [0, 0.05) is 19.3 Å². The Bertz CT molecular complexity index is 1260. The Morgan fingerprint density at radius 2 is 0.514 bits per heavy atom. The summed E-state index contributed by atoms with van der Waals surface area (Å²) in [5, 5.41) is 0. The quantitative estimate of drug-likeness (QED) is 0.0199. The SMILES string of the molecule is CCCCCCCCC/C=C\C=C/CCCCCCCC(=O)OCC(COC(=O)CCCCCCC/C=C\CCCCCCCCC)OC(=O)CCCCCCC/C=C\C=C/CCCCCCCCC. The van der Waals surface area contributed by atoms with Crippen LogP contribution in [0.4, 0.5) is 0 Å². The predicted molar refractivity (Wildman–Crippen MR) is 302 cm³/mol. The standard InChI is InChI=1S/C64H114O6/c1-4-7-10-13-16-19-22-25-28-31-33-36-39-42-45-48-51-54-57-63(66)69-60-61(59-68-62(65)56-53-50-47-44-41-38-35-30-27-24-21-18-15-12-9-6-3)70-64(67)58-55-52-49-46-43-40-37-34-32-29-26-23-20-17-14-11-8-5-2/h28-37,61H,4-27,38-60H2,1-3H3/b31-28-,32-29-,35-30-,36-33-,37-34-. The molecule has 0 N–H and O–H groups in total. The van der Waals surface area contributed by atoms with Gasteiger partial charge in [0.15, 0.2) is 6.10 Å². The first-order chi connectivity index (χ1) is 34.5. The van der Waals surface area contributed by atoms with Crippen LogP contribution in [0.1, 0.15) is 310 Å². The monoisotopic (exact) mass is 979 g/mol. The zero-order valence-corrected chi connectivity index (χ0v) is 46.5. The van der Waals surface area contributed by atoms with Gasteiger partial charge in [-0.3, -0.25) is 14.4 Å². The van der Waals surface area contributed by atoms with E-state index in [1.54, 1.807) is 0 Å². The van der Waals surface area contributed by atoms with E-state index in [0.717, 1.165) is 103 Å². The minimum atomic E-state index is -0.793. The summed E-state index contributed by atoms with van der Waals surface area (Å²) >= 11 is 0. The molecule has 406 valence electrons. The van der Waals surface area contributed by atoms with E-state index in [9.17, 15) is 14.4 Å². The molecule has 0 aromatic heterocycles. The molecule has 70 heavy (non-hydrogen) atoms. The highest BCUT2D eigenvalue weighted by Gasteiger charge is 2.19. The predicted octanol–water partition coefficient (Wildman–Crippen LogP) is 20.4. The van der Waals surface area contributed by atoms with Gasteiger partial charge in [0.2, 0.25) is 0 Å². The first kappa shape index (κ1) is 67.1. The molecule has 0 aromatic carbocycles. The second-order valence-corrected chi connectivity index (χ2v) is 20.3. The van der Waals surface area contributed by atoms with Gasteiger partial charge in [-0.05, 0) is 96.3 Å². The van der Waals surface area contributed by atoms with Crippen LogP contribution in [0.25, 0.3) is 0 Å². The zero-order valence-electron chi connectivity index (χ0n) is 46.5. The van der Waals surface area contributed by atoms with Crippen molar-refractivity contribution in [2.45, 2.75) is 316 Å². The number of allylic oxidation sites excluding steroid dienone is 10. The first-order valence-electron chi connectivity index (χ1n) is 30.3. The Kier molecular flexibility index (Phi) is 56.3. The molecule has 0 amide bonds. The Balaban J connectivity index is 4.44. The third kappa shape index (κ3) is 56.0. The number of hydrogen-bond acceptors (Lipinski definition) is 6. The lowest BCUT2D eigenvalue weighted by Gasteiger charge is -2.18. The normalized spacial score (nSPS) is 12.4. The summed E-state index contributed by atoms with van der Waals surface area (Å²) in [6, 6.07) is 0. The van der Waals surface area contributed by atoms with Crippen molar-refractivity contribution < 1.29 is 28.6 Å². The molecule has 0 aliphatic carbocycles. The van der Waals surface area contributed by atoms with E-state index in [0.29, 0.717) is 19.3 Å². The van der Waals surface area contributed by atoms with Crippen LogP contribution in [0.5, 0.6) is 0 Å². The fourth-order valence-electron chi connectivity index (χ4n) is 8.66. The first-order valence-corrected chi connectivity index (χ1v) is 30.3. The number of unbranched alkanes of at least 4 members (excludes halogenated alkanes) is 36. The maximum absolute atomic E-state index is 12.9. The lowest BCUT2D eigenvalue weighted by Crippen LogP contribution is -2.30. The Morgan fingerprint density at radius 3 is 0.800 bits per heavy atom. The van der Waals surface area contributed by atoms with Gasteiger partial charge in [-0.15, -0.1) is 0 Å². The Morgan fingerprint density at radius 1 is 0.286 bits per heavy atom. The number of esters is 3. The number of carbonyl (C=O) groups is 3. The highest BCUT2D eigenvalue weighted by molar-refractivity contribution is 5.71. The second-order valence-electron chi connectivity index (χ2n) is 20.3. The van der Waals surface area contributed by atoms with Crippen LogP contribution in [0.3, 0.4) is 0 Å². The smallest absolute Gasteiger partial charge is 0.306 e. The molecule has 0 fully saturated rings. The minimum absolute atomic E-state index is 0.0890. The largest absolute Gasteiger partial charge is 0.462 e. The maximum Gasteiger partial charge on any atom is 0.306 e. The van der Waals surface area contributed by atoms with Crippen molar-refractivity contribution in [2.24, 2.45) is 0 Å². The summed E-state index contributed by atoms with van der Waals surface area (Å²) in [6.07, 6.45) is 73.5. The second kappa shape index (κ2) is 58.7. The van der Waals surface area contributed by atoms with Crippen molar-refractivity contribution in [2.75, 3.05) is 13.2 Å². The van der Waals surface area contributed by atoms with Crippen molar-refractivity contribution in [3.63, 3.8) is 0 Å². The molecular weight excluding hydrogens is 865 g/mol. The molecule has 1 atom stereocenters. The van der Waals surface area contributed by atoms with Gasteiger partial charge in [-0.25, -0.2) is 0 Å². The Hall–Kier alpha value is -2.89. The molecule has 0 saturated carbocycles. The molecule has 0 radical (unpaired) electrons. The third-order valence-corrected chi connectivity index (χ3v) is 13.3. The van der Waals surface area contributed by atoms with E-state index in [-0.39, 0.29) is 31.1 Å². The van der Waals surface area contributed by atoms with Gasteiger partial charge in [-0.1, -0.05) is 255 Å². The van der Waals surface area contributed by atoms with Crippen LogP contribution in [0.15, 0.2) is 60.8 Å². The summed E-state index contributed by atoms with van der Waals surface area (Å²) in [7, 11) is 0. The van der Waals surface area contributed by atoms with Crippen molar-refractivity contribution in [1.29, 1.82) is 0 Å². The lowest BCUT2D eigenvalue weighted by atomic mass is 10.1. The molecule has 0 aliphatic rings. The van der Waals surface area contributed by atoms with E-state index >= 15 is 0 Å². The average Bonchev–Trinajstić information content (AvgIpc) is 3.36. The van der Waals surface area contributed by atoms with Gasteiger partial charge in [-0.2, -0.15) is 0 Å².